The van der Waals surface area contributed by atoms with Crippen LogP contribution in [0.4, 0.5) is 0 Å². The molecule has 6 nitrogen and oxygen atoms in total. The maximum Gasteiger partial charge on any atom is 0.245 e. The number of amides is 2. The van der Waals surface area contributed by atoms with Crippen LogP contribution >= 0.6 is 11.6 Å². The van der Waals surface area contributed by atoms with Crippen molar-refractivity contribution in [1.82, 2.24) is 20.4 Å². The molecule has 2 heterocycles. The van der Waals surface area contributed by atoms with Gasteiger partial charge in [-0.2, -0.15) is 0 Å². The van der Waals surface area contributed by atoms with Crippen LogP contribution in [-0.4, -0.2) is 65.9 Å². The molecule has 1 saturated carbocycles. The van der Waals surface area contributed by atoms with E-state index in [1.54, 1.807) is 0 Å². The topological polar surface area (TPSA) is 64.7 Å². The van der Waals surface area contributed by atoms with Crippen molar-refractivity contribution in [1.29, 1.82) is 0 Å². The Bertz CT molecular complexity index is 1050. The fourth-order valence-electron chi connectivity index (χ4n) is 5.94. The van der Waals surface area contributed by atoms with Crippen molar-refractivity contribution in [3.63, 3.8) is 0 Å². The SMILES string of the molecule is O=C(N[C@H](Cc1ccc(Cl)cc1)C(=O)N1CCN(C2CCCCC2)CC1)[C@H]1Cc2ccccc2CN1. The fraction of sp³-hybridized carbons (Fsp3) is 0.517. The van der Waals surface area contributed by atoms with Gasteiger partial charge in [0.05, 0.1) is 6.04 Å². The fourth-order valence-corrected chi connectivity index (χ4v) is 6.07. The van der Waals surface area contributed by atoms with Crippen molar-refractivity contribution in [3.05, 3.63) is 70.2 Å². The number of carbonyl (C=O) groups excluding carboxylic acids is 2. The van der Waals surface area contributed by atoms with Crippen molar-refractivity contribution >= 4 is 23.4 Å². The average molecular weight is 509 g/mol. The summed E-state index contributed by atoms with van der Waals surface area (Å²) < 4.78 is 0. The van der Waals surface area contributed by atoms with Gasteiger partial charge in [0, 0.05) is 50.2 Å². The molecule has 0 spiro atoms. The van der Waals surface area contributed by atoms with Gasteiger partial charge in [-0.15, -0.1) is 0 Å². The highest BCUT2D eigenvalue weighted by molar-refractivity contribution is 6.30. The lowest BCUT2D eigenvalue weighted by Gasteiger charge is -2.41. The second-order valence-corrected chi connectivity index (χ2v) is 10.9. The zero-order valence-electron chi connectivity index (χ0n) is 20.9. The Morgan fingerprint density at radius 3 is 2.36 bits per heavy atom. The molecule has 2 aliphatic heterocycles. The molecule has 0 radical (unpaired) electrons. The minimum atomic E-state index is -0.598. The van der Waals surface area contributed by atoms with E-state index in [1.165, 1.54) is 43.2 Å². The average Bonchev–Trinajstić information content (AvgIpc) is 2.93. The monoisotopic (exact) mass is 508 g/mol. The minimum absolute atomic E-state index is 0.0119. The predicted molar refractivity (Wildman–Crippen MR) is 143 cm³/mol. The lowest BCUT2D eigenvalue weighted by Crippen LogP contribution is -2.59. The largest absolute Gasteiger partial charge is 0.343 e. The summed E-state index contributed by atoms with van der Waals surface area (Å²) >= 11 is 6.08. The number of nitrogens with one attached hydrogen (secondary N) is 2. The van der Waals surface area contributed by atoms with Crippen LogP contribution in [0.25, 0.3) is 0 Å². The lowest BCUT2D eigenvalue weighted by molar-refractivity contribution is -0.138. The van der Waals surface area contributed by atoms with Crippen molar-refractivity contribution in [3.8, 4) is 0 Å². The summed E-state index contributed by atoms with van der Waals surface area (Å²) in [5.74, 6) is -0.101. The van der Waals surface area contributed by atoms with E-state index < -0.39 is 6.04 Å². The molecule has 0 aromatic heterocycles. The number of fused-ring (bicyclic) bond motifs is 1. The number of benzene rings is 2. The third-order valence-electron chi connectivity index (χ3n) is 8.08. The van der Waals surface area contributed by atoms with Gasteiger partial charge in [-0.3, -0.25) is 14.5 Å². The summed E-state index contributed by atoms with van der Waals surface area (Å²) in [6.07, 6.45) is 7.62. The molecular formula is C29H37ClN4O2. The number of hydrogen-bond acceptors (Lipinski definition) is 4. The van der Waals surface area contributed by atoms with E-state index in [2.05, 4.69) is 27.7 Å². The van der Waals surface area contributed by atoms with E-state index in [0.717, 1.165) is 31.7 Å². The molecule has 0 unspecified atom stereocenters. The second-order valence-electron chi connectivity index (χ2n) is 10.5. The van der Waals surface area contributed by atoms with Crippen LogP contribution in [0.3, 0.4) is 0 Å². The van der Waals surface area contributed by atoms with Crippen LogP contribution in [0.2, 0.25) is 5.02 Å². The Morgan fingerprint density at radius 1 is 0.944 bits per heavy atom. The molecule has 2 fully saturated rings. The van der Waals surface area contributed by atoms with Crippen molar-refractivity contribution < 1.29 is 9.59 Å². The van der Waals surface area contributed by atoms with Crippen LogP contribution in [0.1, 0.15) is 48.8 Å². The zero-order valence-corrected chi connectivity index (χ0v) is 21.7. The number of nitrogens with zero attached hydrogens (tertiary/aromatic N) is 2. The van der Waals surface area contributed by atoms with Crippen LogP contribution in [-0.2, 0) is 29.0 Å². The Labute approximate surface area is 219 Å². The molecule has 2 aromatic carbocycles. The first-order valence-corrected chi connectivity index (χ1v) is 13.8. The van der Waals surface area contributed by atoms with Gasteiger partial charge in [0.15, 0.2) is 0 Å². The van der Waals surface area contributed by atoms with E-state index in [9.17, 15) is 9.59 Å². The van der Waals surface area contributed by atoms with Crippen LogP contribution in [0.15, 0.2) is 48.5 Å². The molecule has 0 bridgehead atoms. The first-order valence-electron chi connectivity index (χ1n) is 13.4. The Kier molecular flexibility index (Phi) is 8.25. The van der Waals surface area contributed by atoms with Gasteiger partial charge < -0.3 is 15.5 Å². The highest BCUT2D eigenvalue weighted by Crippen LogP contribution is 2.24. The zero-order chi connectivity index (χ0) is 24.9. The molecule has 1 saturated heterocycles. The number of carbonyl (C=O) groups is 2. The summed E-state index contributed by atoms with van der Waals surface area (Å²) in [5.41, 5.74) is 3.41. The molecular weight excluding hydrogens is 472 g/mol. The third kappa shape index (κ3) is 6.10. The highest BCUT2D eigenvalue weighted by Gasteiger charge is 2.33. The second kappa shape index (κ2) is 11.8. The van der Waals surface area contributed by atoms with Crippen molar-refractivity contribution in [2.24, 2.45) is 0 Å². The highest BCUT2D eigenvalue weighted by atomic mass is 35.5. The van der Waals surface area contributed by atoms with E-state index in [4.69, 9.17) is 11.6 Å². The summed E-state index contributed by atoms with van der Waals surface area (Å²) in [5, 5.41) is 7.13. The van der Waals surface area contributed by atoms with Gasteiger partial charge in [-0.1, -0.05) is 67.3 Å². The summed E-state index contributed by atoms with van der Waals surface area (Å²) in [6, 6.07) is 15.5. The molecule has 36 heavy (non-hydrogen) atoms. The predicted octanol–water partition coefficient (Wildman–Crippen LogP) is 3.56. The summed E-state index contributed by atoms with van der Waals surface area (Å²) in [7, 11) is 0. The van der Waals surface area contributed by atoms with E-state index in [1.807, 2.05) is 41.3 Å². The standard InChI is InChI=1S/C29H37ClN4O2/c30-24-12-10-21(11-13-24)18-27(32-28(35)26-19-22-6-4-5-7-23(22)20-31-26)29(36)34-16-14-33(15-17-34)25-8-2-1-3-9-25/h4-7,10-13,25-27,31H,1-3,8-9,14-20H2,(H,32,35)/t26-,27-/m1/s1. The third-order valence-corrected chi connectivity index (χ3v) is 8.33. The van der Waals surface area contributed by atoms with Gasteiger partial charge >= 0.3 is 0 Å². The van der Waals surface area contributed by atoms with E-state index in [-0.39, 0.29) is 17.9 Å². The quantitative estimate of drug-likeness (QED) is 0.626. The van der Waals surface area contributed by atoms with Gasteiger partial charge in [0.2, 0.25) is 11.8 Å². The number of halogens is 1. The lowest BCUT2D eigenvalue weighted by atomic mass is 9.93. The Balaban J connectivity index is 1.25. The van der Waals surface area contributed by atoms with Gasteiger partial charge in [0.1, 0.15) is 6.04 Å². The Morgan fingerprint density at radius 2 is 1.64 bits per heavy atom. The van der Waals surface area contributed by atoms with E-state index in [0.29, 0.717) is 30.5 Å². The number of hydrogen-bond donors (Lipinski definition) is 2. The minimum Gasteiger partial charge on any atom is -0.343 e. The maximum atomic E-state index is 13.7. The maximum absolute atomic E-state index is 13.7. The van der Waals surface area contributed by atoms with E-state index >= 15 is 0 Å². The number of rotatable bonds is 6. The van der Waals surface area contributed by atoms with Crippen molar-refractivity contribution in [2.75, 3.05) is 26.2 Å². The molecule has 5 rings (SSSR count). The molecule has 2 atom stereocenters. The van der Waals surface area contributed by atoms with Crippen molar-refractivity contribution in [2.45, 2.75) is 69.6 Å². The normalized spacial score (nSPS) is 22.0. The van der Waals surface area contributed by atoms with Crippen LogP contribution in [0, 0.1) is 0 Å². The molecule has 192 valence electrons. The molecule has 3 aliphatic rings. The van der Waals surface area contributed by atoms with Gasteiger partial charge in [0.25, 0.3) is 0 Å². The Hall–Kier alpha value is -2.41. The molecule has 2 N–H and O–H groups in total. The molecule has 1 aliphatic carbocycles. The molecule has 2 aromatic rings. The summed E-state index contributed by atoms with van der Waals surface area (Å²) in [6.45, 7) is 3.93. The molecule has 7 heteroatoms. The first-order chi connectivity index (χ1) is 17.6. The van der Waals surface area contributed by atoms with Crippen LogP contribution < -0.4 is 10.6 Å². The number of piperazine rings is 1. The first kappa shape index (κ1) is 25.2. The van der Waals surface area contributed by atoms with Gasteiger partial charge in [-0.25, -0.2) is 0 Å². The summed E-state index contributed by atoms with van der Waals surface area (Å²) in [4.78, 5) is 31.6. The smallest absolute Gasteiger partial charge is 0.245 e. The molecule has 2 amide bonds. The van der Waals surface area contributed by atoms with Gasteiger partial charge in [-0.05, 0) is 48.1 Å². The van der Waals surface area contributed by atoms with Crippen LogP contribution in [0.5, 0.6) is 0 Å².